The van der Waals surface area contributed by atoms with Gasteiger partial charge in [0.15, 0.2) is 0 Å². The molecule has 0 aliphatic carbocycles. The highest BCUT2D eigenvalue weighted by molar-refractivity contribution is 9.10. The van der Waals surface area contributed by atoms with Gasteiger partial charge in [-0.1, -0.05) is 6.07 Å². The van der Waals surface area contributed by atoms with Gasteiger partial charge in [0.05, 0.1) is 4.90 Å². The monoisotopic (exact) mass is 364 g/mol. The van der Waals surface area contributed by atoms with Gasteiger partial charge in [-0.05, 0) is 45.8 Å². The maximum atomic E-state index is 12.6. The van der Waals surface area contributed by atoms with Gasteiger partial charge in [-0.25, -0.2) is 8.42 Å². The van der Waals surface area contributed by atoms with Crippen LogP contribution in [0.25, 0.3) is 0 Å². The molecule has 4 nitrogen and oxygen atoms in total. The van der Waals surface area contributed by atoms with Crippen molar-refractivity contribution >= 4 is 37.7 Å². The van der Waals surface area contributed by atoms with Crippen molar-refractivity contribution in [2.75, 3.05) is 18.6 Å². The summed E-state index contributed by atoms with van der Waals surface area (Å²) in [5.41, 5.74) is 6.46. The minimum Gasteiger partial charge on any atom is -0.326 e. The summed E-state index contributed by atoms with van der Waals surface area (Å²) < 4.78 is 27.3. The van der Waals surface area contributed by atoms with Crippen LogP contribution >= 0.6 is 27.7 Å². The lowest BCUT2D eigenvalue weighted by Gasteiger charge is -2.23. The molecule has 0 saturated carbocycles. The first-order valence-electron chi connectivity index (χ1n) is 6.01. The Bertz CT molecular complexity index is 557. The topological polar surface area (TPSA) is 63.4 Å². The minimum absolute atomic E-state index is 0.0936. The molecule has 0 radical (unpaired) electrons. The summed E-state index contributed by atoms with van der Waals surface area (Å²) in [7, 11) is -1.78. The van der Waals surface area contributed by atoms with Crippen molar-refractivity contribution in [1.29, 1.82) is 0 Å². The molecule has 0 amide bonds. The number of benzene rings is 1. The minimum atomic E-state index is -3.45. The number of nitrogens with two attached hydrogens (primary N) is 1. The van der Waals surface area contributed by atoms with Gasteiger partial charge in [0.1, 0.15) is 0 Å². The molecule has 1 saturated heterocycles. The maximum Gasteiger partial charge on any atom is 0.244 e. The summed E-state index contributed by atoms with van der Waals surface area (Å²) in [6.45, 7) is 0.397. The van der Waals surface area contributed by atoms with E-state index in [0.717, 1.165) is 23.5 Å². The van der Waals surface area contributed by atoms with E-state index in [2.05, 4.69) is 15.9 Å². The third-order valence-corrected chi connectivity index (χ3v) is 7.34. The Kier molecular flexibility index (Phi) is 4.94. The van der Waals surface area contributed by atoms with E-state index in [1.165, 1.54) is 4.31 Å². The molecule has 1 fully saturated rings. The molecule has 0 bridgehead atoms. The SMILES string of the molecule is CN(C1CCSC1)S(=O)(=O)c1ccc(CN)cc1Br. The number of halogens is 1. The molecule has 1 heterocycles. The zero-order valence-corrected chi connectivity index (χ0v) is 13.9. The van der Waals surface area contributed by atoms with E-state index in [4.69, 9.17) is 5.73 Å². The van der Waals surface area contributed by atoms with Gasteiger partial charge in [-0.15, -0.1) is 0 Å². The normalized spacial score (nSPS) is 20.1. The molecule has 2 N–H and O–H groups in total. The van der Waals surface area contributed by atoms with E-state index in [0.29, 0.717) is 15.9 Å². The van der Waals surface area contributed by atoms with Crippen molar-refractivity contribution in [3.05, 3.63) is 28.2 Å². The first-order chi connectivity index (χ1) is 8.96. The predicted molar refractivity (Wildman–Crippen MR) is 82.7 cm³/mol. The zero-order chi connectivity index (χ0) is 14.0. The van der Waals surface area contributed by atoms with Crippen LogP contribution in [-0.2, 0) is 16.6 Å². The molecule has 106 valence electrons. The second-order valence-electron chi connectivity index (χ2n) is 4.51. The van der Waals surface area contributed by atoms with Crippen molar-refractivity contribution in [2.24, 2.45) is 5.73 Å². The highest BCUT2D eigenvalue weighted by atomic mass is 79.9. The van der Waals surface area contributed by atoms with E-state index in [9.17, 15) is 8.42 Å². The molecule has 1 aliphatic rings. The highest BCUT2D eigenvalue weighted by Gasteiger charge is 2.31. The third kappa shape index (κ3) is 3.16. The van der Waals surface area contributed by atoms with E-state index in [-0.39, 0.29) is 6.04 Å². The van der Waals surface area contributed by atoms with Crippen molar-refractivity contribution < 1.29 is 8.42 Å². The lowest BCUT2D eigenvalue weighted by atomic mass is 10.2. The summed E-state index contributed by atoms with van der Waals surface area (Å²) in [5, 5.41) is 0. The lowest BCUT2D eigenvalue weighted by Crippen LogP contribution is -2.37. The Morgan fingerprint density at radius 2 is 2.26 bits per heavy atom. The predicted octanol–water partition coefficient (Wildman–Crippen LogP) is 2.03. The van der Waals surface area contributed by atoms with Gasteiger partial charge < -0.3 is 5.73 Å². The summed E-state index contributed by atoms with van der Waals surface area (Å²) >= 11 is 5.13. The van der Waals surface area contributed by atoms with E-state index in [1.54, 1.807) is 37.0 Å². The Hall–Kier alpha value is -0.0800. The molecular weight excluding hydrogens is 348 g/mol. The van der Waals surface area contributed by atoms with E-state index in [1.807, 2.05) is 0 Å². The van der Waals surface area contributed by atoms with E-state index >= 15 is 0 Å². The molecule has 1 aliphatic heterocycles. The number of sulfonamides is 1. The first-order valence-corrected chi connectivity index (χ1v) is 9.40. The standard InChI is InChI=1S/C12H17BrN2O2S2/c1-15(10-4-5-18-8-10)19(16,17)12-3-2-9(7-14)6-11(12)13/h2-3,6,10H,4-5,7-8,14H2,1H3. The van der Waals surface area contributed by atoms with Crippen molar-refractivity contribution in [1.82, 2.24) is 4.31 Å². The fourth-order valence-corrected chi connectivity index (χ4v) is 5.87. The second kappa shape index (κ2) is 6.13. The Morgan fingerprint density at radius 3 is 2.79 bits per heavy atom. The molecule has 1 unspecified atom stereocenters. The lowest BCUT2D eigenvalue weighted by molar-refractivity contribution is 0.394. The number of nitrogens with zero attached hydrogens (tertiary/aromatic N) is 1. The summed E-state index contributed by atoms with van der Waals surface area (Å²) in [5.74, 6) is 1.89. The average Bonchev–Trinajstić information content (AvgIpc) is 2.90. The van der Waals surface area contributed by atoms with Gasteiger partial charge in [-0.2, -0.15) is 16.1 Å². The molecule has 0 spiro atoms. The number of rotatable bonds is 4. The number of hydrogen-bond acceptors (Lipinski definition) is 4. The molecule has 2 rings (SSSR count). The Balaban J connectivity index is 2.33. The molecular formula is C12H17BrN2O2S2. The van der Waals surface area contributed by atoms with Crippen LogP contribution in [0.1, 0.15) is 12.0 Å². The number of hydrogen-bond donors (Lipinski definition) is 1. The Morgan fingerprint density at radius 1 is 1.53 bits per heavy atom. The number of thioether (sulfide) groups is 1. The second-order valence-corrected chi connectivity index (χ2v) is 8.48. The largest absolute Gasteiger partial charge is 0.326 e. The highest BCUT2D eigenvalue weighted by Crippen LogP contribution is 2.30. The summed E-state index contributed by atoms with van der Waals surface area (Å²) in [4.78, 5) is 0.309. The molecule has 0 aromatic heterocycles. The van der Waals surface area contributed by atoms with Crippen LogP contribution in [0.2, 0.25) is 0 Å². The van der Waals surface area contributed by atoms with Crippen LogP contribution in [-0.4, -0.2) is 37.3 Å². The first kappa shape index (κ1) is 15.3. The van der Waals surface area contributed by atoms with Crippen LogP contribution < -0.4 is 5.73 Å². The zero-order valence-electron chi connectivity index (χ0n) is 10.7. The quantitative estimate of drug-likeness (QED) is 0.887. The van der Waals surface area contributed by atoms with Crippen molar-refractivity contribution in [3.63, 3.8) is 0 Å². The van der Waals surface area contributed by atoms with Crippen LogP contribution in [0.5, 0.6) is 0 Å². The molecule has 1 atom stereocenters. The molecule has 7 heteroatoms. The molecule has 1 aromatic rings. The fraction of sp³-hybridized carbons (Fsp3) is 0.500. The van der Waals surface area contributed by atoms with Crippen molar-refractivity contribution in [3.8, 4) is 0 Å². The van der Waals surface area contributed by atoms with Gasteiger partial charge in [0.2, 0.25) is 10.0 Å². The molecule has 19 heavy (non-hydrogen) atoms. The maximum absolute atomic E-state index is 12.6. The van der Waals surface area contributed by atoms with Crippen molar-refractivity contribution in [2.45, 2.75) is 23.9 Å². The Labute approximate surface area is 126 Å². The summed E-state index contributed by atoms with van der Waals surface area (Å²) in [6, 6.07) is 5.25. The van der Waals surface area contributed by atoms with E-state index < -0.39 is 10.0 Å². The van der Waals surface area contributed by atoms with Crippen LogP contribution in [0.3, 0.4) is 0 Å². The summed E-state index contributed by atoms with van der Waals surface area (Å²) in [6.07, 6.45) is 0.916. The van der Waals surface area contributed by atoms with Crippen LogP contribution in [0.4, 0.5) is 0 Å². The van der Waals surface area contributed by atoms with Crippen LogP contribution in [0, 0.1) is 0 Å². The van der Waals surface area contributed by atoms with Gasteiger partial charge in [0, 0.05) is 29.9 Å². The van der Waals surface area contributed by atoms with Gasteiger partial charge in [-0.3, -0.25) is 0 Å². The van der Waals surface area contributed by atoms with Gasteiger partial charge in [0.25, 0.3) is 0 Å². The molecule has 1 aromatic carbocycles. The van der Waals surface area contributed by atoms with Gasteiger partial charge >= 0.3 is 0 Å². The average molecular weight is 365 g/mol. The smallest absolute Gasteiger partial charge is 0.244 e. The third-order valence-electron chi connectivity index (χ3n) is 3.31. The fourth-order valence-electron chi connectivity index (χ4n) is 2.04. The van der Waals surface area contributed by atoms with Crippen LogP contribution in [0.15, 0.2) is 27.6 Å².